The van der Waals surface area contributed by atoms with Crippen molar-refractivity contribution in [3.8, 4) is 0 Å². The smallest absolute Gasteiger partial charge is 0.244 e. The summed E-state index contributed by atoms with van der Waals surface area (Å²) in [5.74, 6) is -0.242. The van der Waals surface area contributed by atoms with Crippen LogP contribution in [0.5, 0.6) is 0 Å². The second-order valence-electron chi connectivity index (χ2n) is 5.87. The number of aromatic nitrogens is 1. The molecular weight excluding hydrogens is 312 g/mol. The van der Waals surface area contributed by atoms with Crippen molar-refractivity contribution < 1.29 is 9.90 Å². The van der Waals surface area contributed by atoms with E-state index in [-0.39, 0.29) is 12.5 Å². The van der Waals surface area contributed by atoms with Crippen molar-refractivity contribution in [2.24, 2.45) is 0 Å². The first-order valence-electron chi connectivity index (χ1n) is 8.18. The van der Waals surface area contributed by atoms with Gasteiger partial charge in [0, 0.05) is 24.2 Å². The molecule has 3 aromatic rings. The Morgan fingerprint density at radius 1 is 1.16 bits per heavy atom. The molecule has 0 saturated carbocycles. The summed E-state index contributed by atoms with van der Waals surface area (Å²) in [6, 6.07) is 17.3. The SMILES string of the molecule is Cc1ccccc1C(O)CNC(=O)/C=C/c1ccnc2ccccc12. The second-order valence-corrected chi connectivity index (χ2v) is 5.87. The topological polar surface area (TPSA) is 62.2 Å². The molecule has 126 valence electrons. The third kappa shape index (κ3) is 4.11. The predicted octanol–water partition coefficient (Wildman–Crippen LogP) is 3.41. The Balaban J connectivity index is 1.64. The predicted molar refractivity (Wildman–Crippen MR) is 99.9 cm³/mol. The number of carbonyl (C=O) groups excluding carboxylic acids is 1. The number of aryl methyl sites for hydroxylation is 1. The molecule has 0 aliphatic heterocycles. The number of amides is 1. The third-order valence-corrected chi connectivity index (χ3v) is 4.11. The van der Waals surface area contributed by atoms with Crippen molar-refractivity contribution in [1.29, 1.82) is 0 Å². The summed E-state index contributed by atoms with van der Waals surface area (Å²) in [7, 11) is 0. The van der Waals surface area contributed by atoms with Gasteiger partial charge in [-0.3, -0.25) is 9.78 Å². The number of nitrogens with one attached hydrogen (secondary N) is 1. The van der Waals surface area contributed by atoms with Crippen LogP contribution in [-0.2, 0) is 4.79 Å². The Morgan fingerprint density at radius 2 is 1.92 bits per heavy atom. The molecule has 0 spiro atoms. The minimum absolute atomic E-state index is 0.172. The quantitative estimate of drug-likeness (QED) is 0.704. The van der Waals surface area contributed by atoms with Gasteiger partial charge in [-0.25, -0.2) is 0 Å². The molecule has 3 rings (SSSR count). The number of pyridine rings is 1. The fraction of sp³-hybridized carbons (Fsp3) is 0.143. The van der Waals surface area contributed by atoms with Crippen LogP contribution < -0.4 is 5.32 Å². The molecule has 0 fully saturated rings. The van der Waals surface area contributed by atoms with Crippen molar-refractivity contribution in [1.82, 2.24) is 10.3 Å². The van der Waals surface area contributed by atoms with Gasteiger partial charge < -0.3 is 10.4 Å². The standard InChI is InChI=1S/C21H20N2O2/c1-15-6-2-3-7-17(15)20(24)14-23-21(25)11-10-16-12-13-22-19-9-5-4-8-18(16)19/h2-13,20,24H,14H2,1H3,(H,23,25)/b11-10+. The van der Waals surface area contributed by atoms with Crippen LogP contribution in [0, 0.1) is 6.92 Å². The molecule has 2 aromatic carbocycles. The first kappa shape index (κ1) is 16.9. The van der Waals surface area contributed by atoms with Crippen molar-refractivity contribution in [3.63, 3.8) is 0 Å². The molecule has 1 amide bonds. The number of hydrogen-bond acceptors (Lipinski definition) is 3. The largest absolute Gasteiger partial charge is 0.387 e. The fourth-order valence-corrected chi connectivity index (χ4v) is 2.76. The lowest BCUT2D eigenvalue weighted by Gasteiger charge is -2.13. The van der Waals surface area contributed by atoms with E-state index in [0.717, 1.165) is 27.6 Å². The van der Waals surface area contributed by atoms with E-state index in [1.807, 2.05) is 61.5 Å². The first-order chi connectivity index (χ1) is 12.1. The van der Waals surface area contributed by atoms with Gasteiger partial charge in [0.05, 0.1) is 11.6 Å². The lowest BCUT2D eigenvalue weighted by Crippen LogP contribution is -2.26. The number of hydrogen-bond donors (Lipinski definition) is 2. The maximum absolute atomic E-state index is 12.0. The van der Waals surface area contributed by atoms with Crippen LogP contribution in [0.15, 0.2) is 66.9 Å². The summed E-state index contributed by atoms with van der Waals surface area (Å²) in [5, 5.41) is 14.0. The van der Waals surface area contributed by atoms with Crippen LogP contribution in [-0.4, -0.2) is 22.5 Å². The highest BCUT2D eigenvalue weighted by Crippen LogP contribution is 2.18. The van der Waals surface area contributed by atoms with E-state index in [9.17, 15) is 9.90 Å². The second kappa shape index (κ2) is 7.73. The Hall–Kier alpha value is -2.98. The van der Waals surface area contributed by atoms with Crippen molar-refractivity contribution >= 4 is 22.9 Å². The van der Waals surface area contributed by atoms with E-state index in [0.29, 0.717) is 0 Å². The van der Waals surface area contributed by atoms with Gasteiger partial charge in [-0.1, -0.05) is 42.5 Å². The van der Waals surface area contributed by atoms with Gasteiger partial charge in [0.1, 0.15) is 0 Å². The monoisotopic (exact) mass is 332 g/mol. The van der Waals surface area contributed by atoms with E-state index in [2.05, 4.69) is 10.3 Å². The van der Waals surface area contributed by atoms with Gasteiger partial charge in [-0.05, 0) is 41.8 Å². The highest BCUT2D eigenvalue weighted by Gasteiger charge is 2.10. The number of rotatable bonds is 5. The minimum atomic E-state index is -0.722. The summed E-state index contributed by atoms with van der Waals surface area (Å²) < 4.78 is 0. The van der Waals surface area contributed by atoms with Gasteiger partial charge in [-0.15, -0.1) is 0 Å². The number of aliphatic hydroxyl groups excluding tert-OH is 1. The third-order valence-electron chi connectivity index (χ3n) is 4.11. The summed E-state index contributed by atoms with van der Waals surface area (Å²) >= 11 is 0. The maximum Gasteiger partial charge on any atom is 0.244 e. The molecule has 4 heteroatoms. The fourth-order valence-electron chi connectivity index (χ4n) is 2.76. The number of nitrogens with zero attached hydrogens (tertiary/aromatic N) is 1. The molecule has 4 nitrogen and oxygen atoms in total. The molecule has 1 atom stereocenters. The Kier molecular flexibility index (Phi) is 5.21. The zero-order valence-corrected chi connectivity index (χ0v) is 14.0. The average Bonchev–Trinajstić information content (AvgIpc) is 2.64. The number of para-hydroxylation sites is 1. The van der Waals surface area contributed by atoms with Crippen LogP contribution in [0.25, 0.3) is 17.0 Å². The molecule has 2 N–H and O–H groups in total. The zero-order chi connectivity index (χ0) is 17.6. The van der Waals surface area contributed by atoms with Gasteiger partial charge in [0.2, 0.25) is 5.91 Å². The summed E-state index contributed by atoms with van der Waals surface area (Å²) in [4.78, 5) is 16.4. The van der Waals surface area contributed by atoms with Gasteiger partial charge >= 0.3 is 0 Å². The molecule has 25 heavy (non-hydrogen) atoms. The minimum Gasteiger partial charge on any atom is -0.387 e. The molecule has 1 unspecified atom stereocenters. The number of fused-ring (bicyclic) bond motifs is 1. The summed E-state index contributed by atoms with van der Waals surface area (Å²) in [6.07, 6.45) is 4.24. The molecule has 0 bridgehead atoms. The normalized spacial score (nSPS) is 12.4. The molecule has 0 aliphatic rings. The van der Waals surface area contributed by atoms with Gasteiger partial charge in [0.25, 0.3) is 0 Å². The Morgan fingerprint density at radius 3 is 2.76 bits per heavy atom. The lowest BCUT2D eigenvalue weighted by atomic mass is 10.0. The number of carbonyl (C=O) groups is 1. The van der Waals surface area contributed by atoms with Crippen LogP contribution in [0.3, 0.4) is 0 Å². The molecule has 0 saturated heterocycles. The highest BCUT2D eigenvalue weighted by atomic mass is 16.3. The van der Waals surface area contributed by atoms with E-state index in [4.69, 9.17) is 0 Å². The van der Waals surface area contributed by atoms with E-state index in [1.165, 1.54) is 6.08 Å². The zero-order valence-electron chi connectivity index (χ0n) is 14.0. The molecule has 0 radical (unpaired) electrons. The van der Waals surface area contributed by atoms with E-state index < -0.39 is 6.10 Å². The van der Waals surface area contributed by atoms with Crippen LogP contribution in [0.1, 0.15) is 22.8 Å². The van der Waals surface area contributed by atoms with Crippen molar-refractivity contribution in [2.75, 3.05) is 6.54 Å². The summed E-state index contributed by atoms with van der Waals surface area (Å²) in [5.41, 5.74) is 3.65. The van der Waals surface area contributed by atoms with Crippen LogP contribution >= 0.6 is 0 Å². The van der Waals surface area contributed by atoms with E-state index >= 15 is 0 Å². The van der Waals surface area contributed by atoms with Crippen LogP contribution in [0.2, 0.25) is 0 Å². The van der Waals surface area contributed by atoms with E-state index in [1.54, 1.807) is 12.3 Å². The number of aliphatic hydroxyl groups is 1. The molecule has 1 heterocycles. The average molecular weight is 332 g/mol. The number of benzene rings is 2. The summed E-state index contributed by atoms with van der Waals surface area (Å²) in [6.45, 7) is 2.11. The van der Waals surface area contributed by atoms with Crippen molar-refractivity contribution in [2.45, 2.75) is 13.0 Å². The highest BCUT2D eigenvalue weighted by molar-refractivity contribution is 5.95. The Labute approximate surface area is 146 Å². The van der Waals surface area contributed by atoms with Gasteiger partial charge in [0.15, 0.2) is 0 Å². The van der Waals surface area contributed by atoms with Crippen LogP contribution in [0.4, 0.5) is 0 Å². The molecule has 0 aliphatic carbocycles. The van der Waals surface area contributed by atoms with Crippen molar-refractivity contribution in [3.05, 3.63) is 83.6 Å². The molecule has 1 aromatic heterocycles. The molecular formula is C21H20N2O2. The Bertz CT molecular complexity index is 913. The first-order valence-corrected chi connectivity index (χ1v) is 8.18. The maximum atomic E-state index is 12.0. The lowest BCUT2D eigenvalue weighted by molar-refractivity contribution is -0.116. The van der Waals surface area contributed by atoms with Gasteiger partial charge in [-0.2, -0.15) is 0 Å².